The number of anilines is 2. The van der Waals surface area contributed by atoms with Gasteiger partial charge in [-0.3, -0.25) is 4.31 Å². The molecule has 0 saturated carbocycles. The molecule has 2 aromatic carbocycles. The van der Waals surface area contributed by atoms with E-state index in [4.69, 9.17) is 5.73 Å². The lowest BCUT2D eigenvalue weighted by Gasteiger charge is -2.21. The summed E-state index contributed by atoms with van der Waals surface area (Å²) < 4.78 is 39.6. The standard InChI is InChI=1S/C14H15FN2O3S/c1-9-6-12(15)13(16)8-14(9)21(19,20)17(2)10-4-3-5-11(18)7-10/h3-8,18H,16H2,1-2H3. The van der Waals surface area contributed by atoms with Gasteiger partial charge in [-0.05, 0) is 36.8 Å². The molecule has 0 aromatic heterocycles. The summed E-state index contributed by atoms with van der Waals surface area (Å²) in [4.78, 5) is -0.0766. The van der Waals surface area contributed by atoms with Crippen molar-refractivity contribution in [3.63, 3.8) is 0 Å². The first kappa shape index (κ1) is 15.1. The molecule has 2 aromatic rings. The topological polar surface area (TPSA) is 83.6 Å². The van der Waals surface area contributed by atoms with E-state index in [-0.39, 0.29) is 27.6 Å². The Balaban J connectivity index is 2.54. The molecule has 2 rings (SSSR count). The molecule has 21 heavy (non-hydrogen) atoms. The van der Waals surface area contributed by atoms with Crippen molar-refractivity contribution in [2.75, 3.05) is 17.1 Å². The Morgan fingerprint density at radius 3 is 2.52 bits per heavy atom. The number of benzene rings is 2. The first-order valence-corrected chi connectivity index (χ1v) is 7.51. The second-order valence-corrected chi connectivity index (χ2v) is 6.57. The van der Waals surface area contributed by atoms with Gasteiger partial charge in [-0.2, -0.15) is 0 Å². The highest BCUT2D eigenvalue weighted by atomic mass is 32.2. The minimum Gasteiger partial charge on any atom is -0.508 e. The lowest BCUT2D eigenvalue weighted by Crippen LogP contribution is -2.27. The SMILES string of the molecule is Cc1cc(F)c(N)cc1S(=O)(=O)N(C)c1cccc(O)c1. The van der Waals surface area contributed by atoms with E-state index >= 15 is 0 Å². The molecule has 0 amide bonds. The Kier molecular flexibility index (Phi) is 3.78. The molecule has 0 atom stereocenters. The van der Waals surface area contributed by atoms with Crippen molar-refractivity contribution in [3.05, 3.63) is 47.8 Å². The van der Waals surface area contributed by atoms with Crippen LogP contribution in [-0.2, 0) is 10.0 Å². The summed E-state index contributed by atoms with van der Waals surface area (Å²) in [6.07, 6.45) is 0. The van der Waals surface area contributed by atoms with Crippen LogP contribution in [0.15, 0.2) is 41.3 Å². The van der Waals surface area contributed by atoms with E-state index in [0.717, 1.165) is 16.4 Å². The van der Waals surface area contributed by atoms with Crippen LogP contribution in [0.25, 0.3) is 0 Å². The summed E-state index contributed by atoms with van der Waals surface area (Å²) in [6, 6.07) is 8.00. The molecule has 0 heterocycles. The van der Waals surface area contributed by atoms with Crippen molar-refractivity contribution in [2.24, 2.45) is 0 Å². The monoisotopic (exact) mass is 310 g/mol. The fourth-order valence-corrected chi connectivity index (χ4v) is 3.35. The number of nitrogens with two attached hydrogens (primary N) is 1. The second-order valence-electron chi connectivity index (χ2n) is 4.63. The van der Waals surface area contributed by atoms with Gasteiger partial charge in [0.15, 0.2) is 0 Å². The van der Waals surface area contributed by atoms with Crippen molar-refractivity contribution < 1.29 is 17.9 Å². The molecular formula is C14H15FN2O3S. The van der Waals surface area contributed by atoms with Crippen molar-refractivity contribution >= 4 is 21.4 Å². The molecule has 0 aliphatic rings. The number of phenolic OH excluding ortho intramolecular Hbond substituents is 1. The van der Waals surface area contributed by atoms with Crippen LogP contribution in [0.2, 0.25) is 0 Å². The van der Waals surface area contributed by atoms with E-state index < -0.39 is 15.8 Å². The van der Waals surface area contributed by atoms with Crippen molar-refractivity contribution in [1.29, 1.82) is 0 Å². The molecule has 0 radical (unpaired) electrons. The van der Waals surface area contributed by atoms with Gasteiger partial charge >= 0.3 is 0 Å². The van der Waals surface area contributed by atoms with Crippen LogP contribution in [0.5, 0.6) is 5.75 Å². The zero-order chi connectivity index (χ0) is 15.8. The smallest absolute Gasteiger partial charge is 0.264 e. The Morgan fingerprint density at radius 1 is 1.24 bits per heavy atom. The highest BCUT2D eigenvalue weighted by molar-refractivity contribution is 7.92. The third kappa shape index (κ3) is 2.78. The number of hydrogen-bond acceptors (Lipinski definition) is 4. The molecule has 3 N–H and O–H groups in total. The lowest BCUT2D eigenvalue weighted by atomic mass is 10.2. The lowest BCUT2D eigenvalue weighted by molar-refractivity contribution is 0.475. The number of phenols is 1. The van der Waals surface area contributed by atoms with Gasteiger partial charge in [-0.1, -0.05) is 6.07 Å². The summed E-state index contributed by atoms with van der Waals surface area (Å²) in [5.74, 6) is -0.712. The predicted molar refractivity (Wildman–Crippen MR) is 79.2 cm³/mol. The fourth-order valence-electron chi connectivity index (χ4n) is 1.92. The highest BCUT2D eigenvalue weighted by Gasteiger charge is 2.24. The van der Waals surface area contributed by atoms with E-state index in [1.165, 1.54) is 32.2 Å². The van der Waals surface area contributed by atoms with Crippen molar-refractivity contribution in [2.45, 2.75) is 11.8 Å². The van der Waals surface area contributed by atoms with Crippen LogP contribution in [0.4, 0.5) is 15.8 Å². The van der Waals surface area contributed by atoms with E-state index in [9.17, 15) is 17.9 Å². The van der Waals surface area contributed by atoms with Crippen molar-refractivity contribution in [1.82, 2.24) is 0 Å². The number of halogens is 1. The number of nitrogens with zero attached hydrogens (tertiary/aromatic N) is 1. The van der Waals surface area contributed by atoms with Crippen LogP contribution in [0, 0.1) is 12.7 Å². The average Bonchev–Trinajstić information content (AvgIpc) is 2.41. The minimum atomic E-state index is -3.90. The number of nitrogen functional groups attached to an aromatic ring is 1. The largest absolute Gasteiger partial charge is 0.508 e. The normalized spacial score (nSPS) is 11.4. The van der Waals surface area contributed by atoms with Crippen LogP contribution >= 0.6 is 0 Å². The fraction of sp³-hybridized carbons (Fsp3) is 0.143. The third-order valence-corrected chi connectivity index (χ3v) is 5.05. The first-order valence-electron chi connectivity index (χ1n) is 6.07. The molecule has 0 saturated heterocycles. The van der Waals surface area contributed by atoms with Gasteiger partial charge in [0.2, 0.25) is 0 Å². The predicted octanol–water partition coefficient (Wildman–Crippen LogP) is 2.25. The summed E-state index contributed by atoms with van der Waals surface area (Å²) in [7, 11) is -2.55. The molecule has 5 nitrogen and oxygen atoms in total. The summed E-state index contributed by atoms with van der Waals surface area (Å²) in [6.45, 7) is 1.49. The van der Waals surface area contributed by atoms with Crippen LogP contribution in [-0.4, -0.2) is 20.6 Å². The van der Waals surface area contributed by atoms with Crippen LogP contribution in [0.3, 0.4) is 0 Å². The maximum Gasteiger partial charge on any atom is 0.264 e. The quantitative estimate of drug-likeness (QED) is 0.852. The number of aryl methyl sites for hydroxylation is 1. The van der Waals surface area contributed by atoms with Gasteiger partial charge < -0.3 is 10.8 Å². The van der Waals surface area contributed by atoms with Gasteiger partial charge in [0, 0.05) is 13.1 Å². The van der Waals surface area contributed by atoms with Crippen LogP contribution in [0.1, 0.15) is 5.56 Å². The molecule has 112 valence electrons. The molecule has 7 heteroatoms. The average molecular weight is 310 g/mol. The number of aromatic hydroxyl groups is 1. The maximum atomic E-state index is 13.4. The summed E-state index contributed by atoms with van der Waals surface area (Å²) >= 11 is 0. The molecular weight excluding hydrogens is 295 g/mol. The van der Waals surface area contributed by atoms with Gasteiger partial charge in [-0.15, -0.1) is 0 Å². The molecule has 0 aliphatic carbocycles. The highest BCUT2D eigenvalue weighted by Crippen LogP contribution is 2.28. The van der Waals surface area contributed by atoms with E-state index in [0.29, 0.717) is 0 Å². The minimum absolute atomic E-state index is 0.0510. The Hall–Kier alpha value is -2.28. The van der Waals surface area contributed by atoms with Gasteiger partial charge in [0.25, 0.3) is 10.0 Å². The Labute approximate surface area is 122 Å². The molecule has 0 unspecified atom stereocenters. The number of hydrogen-bond donors (Lipinski definition) is 2. The molecule has 0 spiro atoms. The Bertz CT molecular complexity index is 791. The van der Waals surface area contributed by atoms with Crippen molar-refractivity contribution in [3.8, 4) is 5.75 Å². The zero-order valence-corrected chi connectivity index (χ0v) is 12.4. The molecule has 0 aliphatic heterocycles. The van der Waals surface area contributed by atoms with E-state index in [1.807, 2.05) is 0 Å². The van der Waals surface area contributed by atoms with Gasteiger partial charge in [-0.25, -0.2) is 12.8 Å². The summed E-state index contributed by atoms with van der Waals surface area (Å²) in [5, 5.41) is 9.44. The first-order chi connectivity index (χ1) is 9.73. The Morgan fingerprint density at radius 2 is 1.90 bits per heavy atom. The second kappa shape index (κ2) is 5.25. The number of sulfonamides is 1. The zero-order valence-electron chi connectivity index (χ0n) is 11.5. The summed E-state index contributed by atoms with van der Waals surface area (Å²) in [5.41, 5.74) is 5.77. The molecule has 0 bridgehead atoms. The van der Waals surface area contributed by atoms with Gasteiger partial charge in [0.1, 0.15) is 11.6 Å². The number of rotatable bonds is 3. The van der Waals surface area contributed by atoms with E-state index in [2.05, 4.69) is 0 Å². The van der Waals surface area contributed by atoms with Crippen LogP contribution < -0.4 is 10.0 Å². The maximum absolute atomic E-state index is 13.4. The third-order valence-electron chi connectivity index (χ3n) is 3.13. The molecule has 0 fully saturated rings. The van der Waals surface area contributed by atoms with Gasteiger partial charge in [0.05, 0.1) is 16.3 Å². The van der Waals surface area contributed by atoms with E-state index in [1.54, 1.807) is 6.07 Å².